The molecule has 126 valence electrons. The molecule has 1 heterocycles. The van der Waals surface area contributed by atoms with Gasteiger partial charge in [0.1, 0.15) is 0 Å². The van der Waals surface area contributed by atoms with Crippen LogP contribution in [-0.2, 0) is 11.2 Å². The molecule has 1 saturated heterocycles. The lowest BCUT2D eigenvalue weighted by Crippen LogP contribution is -2.41. The predicted molar refractivity (Wildman–Crippen MR) is 91.3 cm³/mol. The lowest BCUT2D eigenvalue weighted by atomic mass is 9.90. The maximum atomic E-state index is 13.5. The number of rotatable bonds is 5. The second-order valence-electron chi connectivity index (χ2n) is 6.23. The fourth-order valence-corrected chi connectivity index (χ4v) is 3.13. The number of piperidine rings is 1. The van der Waals surface area contributed by atoms with E-state index in [1.54, 1.807) is 12.1 Å². The number of benzene rings is 2. The molecule has 1 amide bonds. The lowest BCUT2D eigenvalue weighted by molar-refractivity contribution is -0.134. The van der Waals surface area contributed by atoms with E-state index >= 15 is 0 Å². The summed E-state index contributed by atoms with van der Waals surface area (Å²) in [5, 5.41) is 0. The molecule has 3 nitrogen and oxygen atoms in total. The van der Waals surface area contributed by atoms with Gasteiger partial charge in [0.15, 0.2) is 18.2 Å². The first kappa shape index (κ1) is 16.5. The summed E-state index contributed by atoms with van der Waals surface area (Å²) in [6.07, 6.45) is 3.06. The minimum absolute atomic E-state index is 0.0728. The van der Waals surface area contributed by atoms with E-state index in [4.69, 9.17) is 4.74 Å². The average Bonchev–Trinajstić information content (AvgIpc) is 2.62. The highest BCUT2D eigenvalue weighted by Crippen LogP contribution is 2.22. The predicted octanol–water partition coefficient (Wildman–Crippen LogP) is 3.69. The zero-order chi connectivity index (χ0) is 16.8. The van der Waals surface area contributed by atoms with Crippen molar-refractivity contribution in [3.05, 3.63) is 66.0 Å². The monoisotopic (exact) mass is 327 g/mol. The molecule has 0 atom stereocenters. The molecular weight excluding hydrogens is 305 g/mol. The minimum Gasteiger partial charge on any atom is -0.481 e. The van der Waals surface area contributed by atoms with E-state index in [1.807, 2.05) is 11.0 Å². The molecule has 0 aromatic heterocycles. The summed E-state index contributed by atoms with van der Waals surface area (Å²) >= 11 is 0. The van der Waals surface area contributed by atoms with E-state index in [2.05, 4.69) is 24.3 Å². The van der Waals surface area contributed by atoms with Crippen molar-refractivity contribution in [3.8, 4) is 5.75 Å². The molecule has 0 spiro atoms. The SMILES string of the molecule is O=C(COc1ccccc1F)N1CCC(Cc2ccccc2)CC1. The van der Waals surface area contributed by atoms with Gasteiger partial charge < -0.3 is 9.64 Å². The number of carbonyl (C=O) groups is 1. The molecule has 3 rings (SSSR count). The summed E-state index contributed by atoms with van der Waals surface area (Å²) in [6, 6.07) is 16.6. The molecule has 0 aliphatic carbocycles. The van der Waals surface area contributed by atoms with Crippen molar-refractivity contribution in [3.63, 3.8) is 0 Å². The third kappa shape index (κ3) is 4.34. The Morgan fingerprint density at radius 3 is 2.42 bits per heavy atom. The van der Waals surface area contributed by atoms with Crippen LogP contribution in [0.5, 0.6) is 5.75 Å². The summed E-state index contributed by atoms with van der Waals surface area (Å²) in [4.78, 5) is 14.0. The Bertz CT molecular complexity index is 666. The fourth-order valence-electron chi connectivity index (χ4n) is 3.13. The first-order chi connectivity index (χ1) is 11.7. The topological polar surface area (TPSA) is 29.5 Å². The number of halogens is 1. The smallest absolute Gasteiger partial charge is 0.260 e. The van der Waals surface area contributed by atoms with Gasteiger partial charge in [0.25, 0.3) is 5.91 Å². The second kappa shape index (κ2) is 7.95. The molecule has 1 aliphatic heterocycles. The van der Waals surface area contributed by atoms with Crippen LogP contribution in [-0.4, -0.2) is 30.5 Å². The molecule has 1 aliphatic rings. The Balaban J connectivity index is 1.44. The number of nitrogens with zero attached hydrogens (tertiary/aromatic N) is 1. The molecule has 0 bridgehead atoms. The maximum Gasteiger partial charge on any atom is 0.260 e. The van der Waals surface area contributed by atoms with Crippen molar-refractivity contribution in [1.82, 2.24) is 4.90 Å². The van der Waals surface area contributed by atoms with Crippen LogP contribution in [0.25, 0.3) is 0 Å². The van der Waals surface area contributed by atoms with Gasteiger partial charge in [-0.15, -0.1) is 0 Å². The van der Waals surface area contributed by atoms with Crippen LogP contribution in [0.15, 0.2) is 54.6 Å². The Kier molecular flexibility index (Phi) is 5.47. The largest absolute Gasteiger partial charge is 0.481 e. The molecule has 4 heteroatoms. The normalized spacial score (nSPS) is 15.3. The van der Waals surface area contributed by atoms with E-state index in [9.17, 15) is 9.18 Å². The van der Waals surface area contributed by atoms with Gasteiger partial charge in [-0.2, -0.15) is 0 Å². The first-order valence-corrected chi connectivity index (χ1v) is 8.41. The number of para-hydroxylation sites is 1. The summed E-state index contributed by atoms with van der Waals surface area (Å²) in [7, 11) is 0. The Morgan fingerprint density at radius 2 is 1.71 bits per heavy atom. The molecule has 24 heavy (non-hydrogen) atoms. The summed E-state index contributed by atoms with van der Waals surface area (Å²) in [5.41, 5.74) is 1.35. The van der Waals surface area contributed by atoms with E-state index in [1.165, 1.54) is 17.7 Å². The third-order valence-corrected chi connectivity index (χ3v) is 4.52. The Hall–Kier alpha value is -2.36. The molecule has 0 saturated carbocycles. The van der Waals surface area contributed by atoms with Gasteiger partial charge >= 0.3 is 0 Å². The zero-order valence-electron chi connectivity index (χ0n) is 13.7. The van der Waals surface area contributed by atoms with Crippen LogP contribution in [0, 0.1) is 11.7 Å². The fraction of sp³-hybridized carbons (Fsp3) is 0.350. The van der Waals surface area contributed by atoms with Crippen molar-refractivity contribution in [2.24, 2.45) is 5.92 Å². The van der Waals surface area contributed by atoms with Gasteiger partial charge in [0.05, 0.1) is 0 Å². The molecule has 2 aromatic rings. The summed E-state index contributed by atoms with van der Waals surface area (Å²) < 4.78 is 18.8. The van der Waals surface area contributed by atoms with E-state index in [0.29, 0.717) is 5.92 Å². The number of hydrogen-bond donors (Lipinski definition) is 0. The van der Waals surface area contributed by atoms with Crippen molar-refractivity contribution in [2.45, 2.75) is 19.3 Å². The highest BCUT2D eigenvalue weighted by molar-refractivity contribution is 5.77. The quantitative estimate of drug-likeness (QED) is 0.838. The van der Waals surface area contributed by atoms with E-state index in [0.717, 1.165) is 32.4 Å². The number of likely N-dealkylation sites (tertiary alicyclic amines) is 1. The van der Waals surface area contributed by atoms with Crippen molar-refractivity contribution >= 4 is 5.91 Å². The molecule has 1 fully saturated rings. The number of hydrogen-bond acceptors (Lipinski definition) is 2. The van der Waals surface area contributed by atoms with Crippen molar-refractivity contribution in [2.75, 3.05) is 19.7 Å². The highest BCUT2D eigenvalue weighted by Gasteiger charge is 2.23. The summed E-state index contributed by atoms with van der Waals surface area (Å²) in [6.45, 7) is 1.39. The van der Waals surface area contributed by atoms with Crippen LogP contribution in [0.1, 0.15) is 18.4 Å². The average molecular weight is 327 g/mol. The van der Waals surface area contributed by atoms with Gasteiger partial charge in [0.2, 0.25) is 0 Å². The van der Waals surface area contributed by atoms with Crippen LogP contribution in [0.3, 0.4) is 0 Å². The minimum atomic E-state index is -0.438. The molecule has 0 unspecified atom stereocenters. The Labute approximate surface area is 142 Å². The van der Waals surface area contributed by atoms with Crippen LogP contribution < -0.4 is 4.74 Å². The number of amides is 1. The lowest BCUT2D eigenvalue weighted by Gasteiger charge is -2.32. The summed E-state index contributed by atoms with van der Waals surface area (Å²) in [5.74, 6) is 0.233. The first-order valence-electron chi connectivity index (χ1n) is 8.41. The zero-order valence-corrected chi connectivity index (χ0v) is 13.7. The number of ether oxygens (including phenoxy) is 1. The maximum absolute atomic E-state index is 13.5. The van der Waals surface area contributed by atoms with Gasteiger partial charge in [-0.1, -0.05) is 42.5 Å². The van der Waals surface area contributed by atoms with Gasteiger partial charge in [-0.05, 0) is 42.9 Å². The molecule has 0 N–H and O–H groups in total. The Morgan fingerprint density at radius 1 is 1.04 bits per heavy atom. The molecule has 0 radical (unpaired) electrons. The number of carbonyl (C=O) groups excluding carboxylic acids is 1. The highest BCUT2D eigenvalue weighted by atomic mass is 19.1. The third-order valence-electron chi connectivity index (χ3n) is 4.52. The van der Waals surface area contributed by atoms with E-state index < -0.39 is 5.82 Å². The second-order valence-corrected chi connectivity index (χ2v) is 6.23. The van der Waals surface area contributed by atoms with Crippen molar-refractivity contribution < 1.29 is 13.9 Å². The van der Waals surface area contributed by atoms with E-state index in [-0.39, 0.29) is 18.3 Å². The van der Waals surface area contributed by atoms with Crippen molar-refractivity contribution in [1.29, 1.82) is 0 Å². The standard InChI is InChI=1S/C20H22FNO2/c21-18-8-4-5-9-19(18)24-15-20(23)22-12-10-17(11-13-22)14-16-6-2-1-3-7-16/h1-9,17H,10-15H2. The van der Waals surface area contributed by atoms with Gasteiger partial charge in [-0.3, -0.25) is 4.79 Å². The van der Waals surface area contributed by atoms with Gasteiger partial charge in [-0.25, -0.2) is 4.39 Å². The van der Waals surface area contributed by atoms with Crippen LogP contribution in [0.4, 0.5) is 4.39 Å². The van der Waals surface area contributed by atoms with Gasteiger partial charge in [0, 0.05) is 13.1 Å². The van der Waals surface area contributed by atoms with Crippen LogP contribution in [0.2, 0.25) is 0 Å². The molecule has 2 aromatic carbocycles. The van der Waals surface area contributed by atoms with Crippen LogP contribution >= 0.6 is 0 Å². The molecular formula is C20H22FNO2.